The Morgan fingerprint density at radius 2 is 2.14 bits per heavy atom. The van der Waals surface area contributed by atoms with E-state index in [0.717, 1.165) is 22.7 Å². The lowest BCUT2D eigenvalue weighted by Crippen LogP contribution is -2.32. The summed E-state index contributed by atoms with van der Waals surface area (Å²) >= 11 is 0. The van der Waals surface area contributed by atoms with Gasteiger partial charge in [-0.25, -0.2) is 0 Å². The highest BCUT2D eigenvalue weighted by Gasteiger charge is 2.12. The minimum atomic E-state index is 0.109. The Morgan fingerprint density at radius 3 is 3.07 bits per heavy atom. The molecular formula is C12H9NO. The number of hydrogen-bond donors (Lipinski definition) is 0. The summed E-state index contributed by atoms with van der Waals surface area (Å²) in [6.07, 6.45) is 13.5. The van der Waals surface area contributed by atoms with Gasteiger partial charge in [0, 0.05) is 28.9 Å². The predicted octanol–water partition coefficient (Wildman–Crippen LogP) is 0.371. The van der Waals surface area contributed by atoms with E-state index in [0.29, 0.717) is 0 Å². The molecule has 2 heteroatoms. The Bertz CT molecular complexity index is 585. The van der Waals surface area contributed by atoms with Crippen LogP contribution in [0.25, 0.3) is 12.2 Å². The number of ketones is 1. The first-order chi connectivity index (χ1) is 6.86. The average Bonchev–Trinajstić information content (AvgIpc) is 2.59. The van der Waals surface area contributed by atoms with Crippen molar-refractivity contribution in [3.63, 3.8) is 0 Å². The molecule has 2 heterocycles. The monoisotopic (exact) mass is 183 g/mol. The van der Waals surface area contributed by atoms with Gasteiger partial charge in [0.2, 0.25) is 0 Å². The second kappa shape index (κ2) is 2.58. The maximum atomic E-state index is 11.5. The maximum absolute atomic E-state index is 11.5. The number of fused-ring (bicyclic) bond motifs is 3. The summed E-state index contributed by atoms with van der Waals surface area (Å²) < 4.78 is 2.10. The highest BCUT2D eigenvalue weighted by molar-refractivity contribution is 6.06. The predicted molar refractivity (Wildman–Crippen MR) is 55.2 cm³/mol. The number of aromatic nitrogens is 1. The lowest BCUT2D eigenvalue weighted by Gasteiger charge is -2.00. The molecule has 0 unspecified atom stereocenters. The van der Waals surface area contributed by atoms with Crippen LogP contribution in [0.15, 0.2) is 30.5 Å². The van der Waals surface area contributed by atoms with E-state index in [9.17, 15) is 4.79 Å². The van der Waals surface area contributed by atoms with Crippen LogP contribution in [0.4, 0.5) is 0 Å². The second-order valence-corrected chi connectivity index (χ2v) is 3.48. The van der Waals surface area contributed by atoms with Crippen molar-refractivity contribution in [2.24, 2.45) is 0 Å². The molecule has 0 aromatic carbocycles. The molecule has 14 heavy (non-hydrogen) atoms. The minimum Gasteiger partial charge on any atom is -0.343 e. The fraction of sp³-hybridized carbons (Fsp3) is 0.0833. The highest BCUT2D eigenvalue weighted by Crippen LogP contribution is 2.01. The Hall–Kier alpha value is -1.83. The van der Waals surface area contributed by atoms with Crippen LogP contribution in [0, 0.1) is 0 Å². The van der Waals surface area contributed by atoms with Gasteiger partial charge in [0.15, 0.2) is 5.78 Å². The molecule has 1 aromatic heterocycles. The SMILES string of the molecule is O=C1C=CC=c2c1cn1c2=CC=CC1. The number of allylic oxidation sites excluding steroid dienone is 4. The summed E-state index contributed by atoms with van der Waals surface area (Å²) in [5, 5.41) is 2.20. The molecule has 0 atom stereocenters. The van der Waals surface area contributed by atoms with Crippen LogP contribution in [0.1, 0.15) is 10.4 Å². The number of rotatable bonds is 0. The van der Waals surface area contributed by atoms with Gasteiger partial charge in [0.05, 0.1) is 0 Å². The quantitative estimate of drug-likeness (QED) is 0.569. The molecule has 2 nitrogen and oxygen atoms in total. The van der Waals surface area contributed by atoms with Crippen molar-refractivity contribution >= 4 is 17.9 Å². The zero-order valence-corrected chi connectivity index (χ0v) is 7.60. The zero-order chi connectivity index (χ0) is 9.54. The van der Waals surface area contributed by atoms with Gasteiger partial charge in [-0.15, -0.1) is 0 Å². The van der Waals surface area contributed by atoms with E-state index in [2.05, 4.69) is 10.6 Å². The number of carbonyl (C=O) groups is 1. The molecule has 0 spiro atoms. The minimum absolute atomic E-state index is 0.109. The van der Waals surface area contributed by atoms with Gasteiger partial charge in [0.25, 0.3) is 0 Å². The molecule has 0 radical (unpaired) electrons. The van der Waals surface area contributed by atoms with Gasteiger partial charge in [0.1, 0.15) is 0 Å². The topological polar surface area (TPSA) is 22.0 Å². The zero-order valence-electron chi connectivity index (χ0n) is 7.60. The standard InChI is InChI=1S/C12H9NO/c14-12-6-3-4-9-10(12)8-13-7-2-1-5-11(9)13/h1-6,8H,7H2. The molecule has 68 valence electrons. The van der Waals surface area contributed by atoms with Crippen molar-refractivity contribution in [2.45, 2.75) is 6.54 Å². The fourth-order valence-electron chi connectivity index (χ4n) is 1.95. The van der Waals surface area contributed by atoms with Crippen molar-refractivity contribution in [1.82, 2.24) is 4.57 Å². The molecule has 2 aliphatic rings. The fourth-order valence-corrected chi connectivity index (χ4v) is 1.95. The first-order valence-corrected chi connectivity index (χ1v) is 4.65. The van der Waals surface area contributed by atoms with Gasteiger partial charge in [-0.2, -0.15) is 0 Å². The Kier molecular flexibility index (Phi) is 1.39. The van der Waals surface area contributed by atoms with Gasteiger partial charge in [-0.05, 0) is 12.2 Å². The summed E-state index contributed by atoms with van der Waals surface area (Å²) in [4.78, 5) is 11.5. The Balaban J connectivity index is 2.47. The highest BCUT2D eigenvalue weighted by atomic mass is 16.1. The van der Waals surface area contributed by atoms with E-state index >= 15 is 0 Å². The molecule has 0 fully saturated rings. The van der Waals surface area contributed by atoms with Crippen LogP contribution in [-0.4, -0.2) is 10.4 Å². The van der Waals surface area contributed by atoms with E-state index in [1.54, 1.807) is 6.08 Å². The molecule has 1 aromatic rings. The van der Waals surface area contributed by atoms with Crippen LogP contribution in [-0.2, 0) is 6.54 Å². The van der Waals surface area contributed by atoms with Crippen LogP contribution in [0.3, 0.4) is 0 Å². The Morgan fingerprint density at radius 1 is 1.21 bits per heavy atom. The molecule has 0 N–H and O–H groups in total. The maximum Gasteiger partial charge on any atom is 0.187 e. The van der Waals surface area contributed by atoms with E-state index in [1.165, 1.54) is 0 Å². The molecule has 0 amide bonds. The molecule has 1 aliphatic heterocycles. The normalized spacial score (nSPS) is 17.0. The first-order valence-electron chi connectivity index (χ1n) is 4.65. The van der Waals surface area contributed by atoms with E-state index in [4.69, 9.17) is 0 Å². The van der Waals surface area contributed by atoms with E-state index in [-0.39, 0.29) is 5.78 Å². The summed E-state index contributed by atoms with van der Waals surface area (Å²) in [7, 11) is 0. The summed E-state index contributed by atoms with van der Waals surface area (Å²) in [5.41, 5.74) is 0.822. The number of hydrogen-bond acceptors (Lipinski definition) is 1. The van der Waals surface area contributed by atoms with Crippen molar-refractivity contribution in [3.8, 4) is 0 Å². The van der Waals surface area contributed by atoms with Crippen molar-refractivity contribution in [3.05, 3.63) is 46.6 Å². The third-order valence-electron chi connectivity index (χ3n) is 2.63. The molecular weight excluding hydrogens is 174 g/mol. The van der Waals surface area contributed by atoms with Crippen molar-refractivity contribution in [1.29, 1.82) is 0 Å². The summed E-state index contributed by atoms with van der Waals surface area (Å²) in [6.45, 7) is 0.861. The van der Waals surface area contributed by atoms with E-state index in [1.807, 2.05) is 30.5 Å². The van der Waals surface area contributed by atoms with Gasteiger partial charge >= 0.3 is 0 Å². The molecule has 1 aliphatic carbocycles. The lowest BCUT2D eigenvalue weighted by atomic mass is 10.1. The summed E-state index contributed by atoms with van der Waals surface area (Å²) in [5.74, 6) is 0.109. The molecule has 0 saturated heterocycles. The van der Waals surface area contributed by atoms with Crippen molar-refractivity contribution < 1.29 is 4.79 Å². The Labute approximate surface area is 81.2 Å². The first kappa shape index (κ1) is 7.56. The summed E-state index contributed by atoms with van der Waals surface area (Å²) in [6, 6.07) is 0. The van der Waals surface area contributed by atoms with Gasteiger partial charge in [-0.3, -0.25) is 4.79 Å². The smallest absolute Gasteiger partial charge is 0.187 e. The second-order valence-electron chi connectivity index (χ2n) is 3.48. The molecule has 3 rings (SSSR count). The number of carbonyl (C=O) groups excluding carboxylic acids is 1. The van der Waals surface area contributed by atoms with Gasteiger partial charge in [-0.1, -0.05) is 24.3 Å². The van der Waals surface area contributed by atoms with E-state index < -0.39 is 0 Å². The molecule has 0 bridgehead atoms. The molecule has 0 saturated carbocycles. The van der Waals surface area contributed by atoms with Crippen LogP contribution in [0.2, 0.25) is 0 Å². The number of nitrogens with zero attached hydrogens (tertiary/aromatic N) is 1. The largest absolute Gasteiger partial charge is 0.343 e. The van der Waals surface area contributed by atoms with Crippen LogP contribution in [0.5, 0.6) is 0 Å². The third kappa shape index (κ3) is 0.880. The average molecular weight is 183 g/mol. The lowest BCUT2D eigenvalue weighted by molar-refractivity contribution is 0.104. The van der Waals surface area contributed by atoms with Crippen LogP contribution < -0.4 is 10.6 Å². The third-order valence-corrected chi connectivity index (χ3v) is 2.63. The van der Waals surface area contributed by atoms with Gasteiger partial charge < -0.3 is 4.57 Å². The van der Waals surface area contributed by atoms with Crippen molar-refractivity contribution in [2.75, 3.05) is 0 Å². The van der Waals surface area contributed by atoms with Crippen LogP contribution >= 0.6 is 0 Å².